The highest BCUT2D eigenvalue weighted by molar-refractivity contribution is 6.20. The summed E-state index contributed by atoms with van der Waals surface area (Å²) < 4.78 is 0. The molecule has 1 saturated heterocycles. The molecular formula is C25H38N2O4. The molecule has 1 amide bonds. The summed E-state index contributed by atoms with van der Waals surface area (Å²) >= 11 is 0. The zero-order valence-corrected chi connectivity index (χ0v) is 19.6. The van der Waals surface area contributed by atoms with Crippen LogP contribution in [-0.4, -0.2) is 58.7 Å². The lowest BCUT2D eigenvalue weighted by Crippen LogP contribution is -2.59. The standard InChI is InChI=1S/C25H38N2O4/c1-5-26(6-2)23(31)21-19(28)10-13-25(4)18-9-12-24(3)11-7-8-17(24)16(18)14-27(22(21)25)15-20(29)30/h16-18H,5-15H2,1-4H3,(H,29,30)/t16-,17-,18+,24-,25+/m0/s1. The van der Waals surface area contributed by atoms with E-state index < -0.39 is 5.97 Å². The molecule has 1 N–H and O–H groups in total. The Balaban J connectivity index is 1.84. The van der Waals surface area contributed by atoms with E-state index in [1.165, 1.54) is 25.7 Å². The number of aliphatic carboxylic acids is 1. The first-order valence-electron chi connectivity index (χ1n) is 12.2. The van der Waals surface area contributed by atoms with Crippen molar-refractivity contribution in [1.29, 1.82) is 0 Å². The number of piperidine rings is 1. The third-order valence-electron chi connectivity index (χ3n) is 9.30. The largest absolute Gasteiger partial charge is 0.480 e. The fraction of sp³-hybridized carbons (Fsp3) is 0.800. The average molecular weight is 431 g/mol. The fourth-order valence-corrected chi connectivity index (χ4v) is 7.78. The molecule has 6 heteroatoms. The molecule has 0 bridgehead atoms. The fourth-order valence-electron chi connectivity index (χ4n) is 7.78. The molecule has 4 rings (SSSR count). The molecule has 0 aromatic heterocycles. The number of carbonyl (C=O) groups excluding carboxylic acids is 2. The number of carbonyl (C=O) groups is 3. The molecular weight excluding hydrogens is 392 g/mol. The van der Waals surface area contributed by atoms with Crippen molar-refractivity contribution in [2.75, 3.05) is 26.2 Å². The molecule has 1 aliphatic heterocycles. The maximum absolute atomic E-state index is 13.5. The van der Waals surface area contributed by atoms with Gasteiger partial charge in [0.1, 0.15) is 12.1 Å². The van der Waals surface area contributed by atoms with Crippen LogP contribution in [0.1, 0.15) is 72.6 Å². The second-order valence-electron chi connectivity index (χ2n) is 10.8. The van der Waals surface area contributed by atoms with E-state index in [1.54, 1.807) is 4.90 Å². The summed E-state index contributed by atoms with van der Waals surface area (Å²) in [6, 6.07) is 0. The number of amides is 1. The highest BCUT2D eigenvalue weighted by Crippen LogP contribution is 2.64. The summed E-state index contributed by atoms with van der Waals surface area (Å²) in [6.45, 7) is 10.1. The van der Waals surface area contributed by atoms with Crippen LogP contribution in [0.4, 0.5) is 0 Å². The van der Waals surface area contributed by atoms with Gasteiger partial charge < -0.3 is 14.9 Å². The minimum atomic E-state index is -0.897. The van der Waals surface area contributed by atoms with Gasteiger partial charge in [-0.25, -0.2) is 0 Å². The van der Waals surface area contributed by atoms with Crippen LogP contribution in [0.5, 0.6) is 0 Å². The van der Waals surface area contributed by atoms with E-state index in [2.05, 4.69) is 13.8 Å². The van der Waals surface area contributed by atoms with Crippen LogP contribution in [0.2, 0.25) is 0 Å². The molecule has 3 aliphatic carbocycles. The molecule has 0 unspecified atom stereocenters. The molecule has 5 atom stereocenters. The van der Waals surface area contributed by atoms with Crippen molar-refractivity contribution in [1.82, 2.24) is 9.80 Å². The van der Waals surface area contributed by atoms with Gasteiger partial charge in [-0.1, -0.05) is 20.3 Å². The molecule has 1 heterocycles. The van der Waals surface area contributed by atoms with E-state index >= 15 is 0 Å². The van der Waals surface area contributed by atoms with Crippen LogP contribution in [0.25, 0.3) is 0 Å². The van der Waals surface area contributed by atoms with Crippen molar-refractivity contribution in [2.45, 2.75) is 72.6 Å². The molecule has 0 spiro atoms. The lowest BCUT2D eigenvalue weighted by molar-refractivity contribution is -0.142. The molecule has 4 aliphatic rings. The van der Waals surface area contributed by atoms with Crippen molar-refractivity contribution in [3.05, 3.63) is 11.3 Å². The number of nitrogens with zero attached hydrogens (tertiary/aromatic N) is 2. The second kappa shape index (κ2) is 7.93. The normalized spacial score (nSPS) is 37.2. The van der Waals surface area contributed by atoms with Crippen LogP contribution in [0, 0.1) is 28.6 Å². The summed E-state index contributed by atoms with van der Waals surface area (Å²) in [6.07, 6.45) is 7.16. The van der Waals surface area contributed by atoms with Gasteiger partial charge >= 0.3 is 5.97 Å². The van der Waals surface area contributed by atoms with Crippen molar-refractivity contribution in [3.63, 3.8) is 0 Å². The van der Waals surface area contributed by atoms with Gasteiger partial charge in [0.15, 0.2) is 5.78 Å². The number of likely N-dealkylation sites (tertiary alicyclic amines) is 1. The minimum Gasteiger partial charge on any atom is -0.480 e. The lowest BCUT2D eigenvalue weighted by Gasteiger charge is -2.60. The summed E-state index contributed by atoms with van der Waals surface area (Å²) in [4.78, 5) is 42.1. The molecule has 0 aromatic carbocycles. The van der Waals surface area contributed by atoms with Gasteiger partial charge in [0.25, 0.3) is 5.91 Å². The topological polar surface area (TPSA) is 77.9 Å². The Hall–Kier alpha value is -1.85. The Kier molecular flexibility index (Phi) is 5.72. The van der Waals surface area contributed by atoms with Gasteiger partial charge in [0.2, 0.25) is 0 Å². The zero-order chi connectivity index (χ0) is 22.6. The number of fused-ring (bicyclic) bond motifs is 5. The Morgan fingerprint density at radius 3 is 2.45 bits per heavy atom. The van der Waals surface area contributed by atoms with E-state index in [-0.39, 0.29) is 29.2 Å². The average Bonchev–Trinajstić information content (AvgIpc) is 3.11. The molecule has 31 heavy (non-hydrogen) atoms. The zero-order valence-electron chi connectivity index (χ0n) is 19.6. The van der Waals surface area contributed by atoms with Gasteiger partial charge in [-0.05, 0) is 69.1 Å². The van der Waals surface area contributed by atoms with E-state index in [1.807, 2.05) is 18.7 Å². The van der Waals surface area contributed by atoms with E-state index in [0.29, 0.717) is 49.2 Å². The summed E-state index contributed by atoms with van der Waals surface area (Å²) in [5.74, 6) is 0.237. The van der Waals surface area contributed by atoms with E-state index in [9.17, 15) is 19.5 Å². The van der Waals surface area contributed by atoms with Crippen LogP contribution >= 0.6 is 0 Å². The van der Waals surface area contributed by atoms with E-state index in [4.69, 9.17) is 0 Å². The molecule has 3 fully saturated rings. The minimum absolute atomic E-state index is 0.111. The maximum Gasteiger partial charge on any atom is 0.323 e. The number of hydrogen-bond acceptors (Lipinski definition) is 4. The predicted octanol–water partition coefficient (Wildman–Crippen LogP) is 3.71. The molecule has 0 aromatic rings. The van der Waals surface area contributed by atoms with Gasteiger partial charge in [0, 0.05) is 37.2 Å². The number of allylic oxidation sites excluding steroid dienone is 1. The van der Waals surface area contributed by atoms with Crippen LogP contribution < -0.4 is 0 Å². The van der Waals surface area contributed by atoms with Crippen molar-refractivity contribution in [2.24, 2.45) is 28.6 Å². The molecule has 6 nitrogen and oxygen atoms in total. The number of hydrogen-bond donors (Lipinski definition) is 1. The van der Waals surface area contributed by atoms with Gasteiger partial charge in [0.05, 0.1) is 0 Å². The first-order valence-corrected chi connectivity index (χ1v) is 12.2. The molecule has 2 saturated carbocycles. The Bertz CT molecular complexity index is 816. The van der Waals surface area contributed by atoms with Gasteiger partial charge in [-0.15, -0.1) is 0 Å². The Labute approximate surface area is 186 Å². The predicted molar refractivity (Wildman–Crippen MR) is 118 cm³/mol. The summed E-state index contributed by atoms with van der Waals surface area (Å²) in [7, 11) is 0. The summed E-state index contributed by atoms with van der Waals surface area (Å²) in [5.41, 5.74) is 1.06. The monoisotopic (exact) mass is 430 g/mol. The molecule has 172 valence electrons. The first kappa shape index (κ1) is 22.3. The third kappa shape index (κ3) is 3.41. The smallest absolute Gasteiger partial charge is 0.323 e. The number of rotatable bonds is 5. The van der Waals surface area contributed by atoms with Crippen LogP contribution in [-0.2, 0) is 14.4 Å². The number of Topliss-reactive ketones (excluding diaryl/α,β-unsaturated/α-hetero) is 1. The van der Waals surface area contributed by atoms with Crippen LogP contribution in [0.3, 0.4) is 0 Å². The number of carboxylic acid groups (broad SMARTS) is 1. The first-order chi connectivity index (χ1) is 14.7. The van der Waals surface area contributed by atoms with Crippen molar-refractivity contribution in [3.8, 4) is 0 Å². The second-order valence-corrected chi connectivity index (χ2v) is 10.8. The summed E-state index contributed by atoms with van der Waals surface area (Å²) in [5, 5.41) is 9.72. The van der Waals surface area contributed by atoms with Crippen molar-refractivity contribution >= 4 is 17.7 Å². The number of likely N-dealkylation sites (N-methyl/N-ethyl adjacent to an activating group) is 1. The van der Waals surface area contributed by atoms with Crippen LogP contribution in [0.15, 0.2) is 11.3 Å². The maximum atomic E-state index is 13.5. The highest BCUT2D eigenvalue weighted by atomic mass is 16.4. The third-order valence-corrected chi connectivity index (χ3v) is 9.30. The number of ketones is 1. The Morgan fingerprint density at radius 2 is 1.81 bits per heavy atom. The SMILES string of the molecule is CCN(CC)C(=O)C1=C2N(CC(=O)O)C[C@@H]3[C@@H](CC[C@]4(C)CCC[C@@H]34)[C@@]2(C)CCC1=O. The van der Waals surface area contributed by atoms with E-state index in [0.717, 1.165) is 18.5 Å². The van der Waals surface area contributed by atoms with Gasteiger partial charge in [-0.2, -0.15) is 0 Å². The Morgan fingerprint density at radius 1 is 1.10 bits per heavy atom. The molecule has 0 radical (unpaired) electrons. The lowest BCUT2D eigenvalue weighted by atomic mass is 9.50. The quantitative estimate of drug-likeness (QED) is 0.673. The van der Waals surface area contributed by atoms with Crippen molar-refractivity contribution < 1.29 is 19.5 Å². The highest BCUT2D eigenvalue weighted by Gasteiger charge is 2.59. The van der Waals surface area contributed by atoms with Gasteiger partial charge in [-0.3, -0.25) is 14.4 Å². The number of carboxylic acids is 1.